The molecule has 0 atom stereocenters. The number of ether oxygens (including phenoxy) is 1. The normalized spacial score (nSPS) is 11.1. The van der Waals surface area contributed by atoms with Crippen LogP contribution in [0.5, 0.6) is 0 Å². The van der Waals surface area contributed by atoms with E-state index in [0.717, 1.165) is 30.6 Å². The van der Waals surface area contributed by atoms with Crippen molar-refractivity contribution >= 4 is 0 Å². The van der Waals surface area contributed by atoms with Gasteiger partial charge in [-0.3, -0.25) is 5.23 Å². The summed E-state index contributed by atoms with van der Waals surface area (Å²) in [4.78, 5) is 0. The molecule has 0 aromatic heterocycles. The molecule has 4 nitrogen and oxygen atoms in total. The Kier molecular flexibility index (Phi) is 6.81. The van der Waals surface area contributed by atoms with Crippen molar-refractivity contribution < 1.29 is 9.94 Å². The molecule has 0 amide bonds. The van der Waals surface area contributed by atoms with Crippen molar-refractivity contribution in [1.29, 1.82) is 0 Å². The second kappa shape index (κ2) is 8.20. The summed E-state index contributed by atoms with van der Waals surface area (Å²) in [5.74, 6) is 0. The van der Waals surface area contributed by atoms with Gasteiger partial charge in [0.05, 0.1) is 6.61 Å². The van der Waals surface area contributed by atoms with Gasteiger partial charge in [0.2, 0.25) is 0 Å². The molecule has 0 spiro atoms. The number of unbranched alkanes of at least 4 members (excludes halogenated alkanes) is 1. The molecule has 0 bridgehead atoms. The number of hydrogen-bond donors (Lipinski definition) is 1. The van der Waals surface area contributed by atoms with Crippen molar-refractivity contribution in [3.05, 3.63) is 40.6 Å². The third-order valence-corrected chi connectivity index (χ3v) is 2.53. The van der Waals surface area contributed by atoms with Crippen LogP contribution in [0, 0.1) is 5.21 Å². The maximum absolute atomic E-state index is 10.3. The topological polar surface area (TPSA) is 55.8 Å². The van der Waals surface area contributed by atoms with E-state index in [-0.39, 0.29) is 11.8 Å². The van der Waals surface area contributed by atoms with E-state index in [9.17, 15) is 5.21 Å². The molecule has 0 heterocycles. The van der Waals surface area contributed by atoms with Gasteiger partial charge in [-0.2, -0.15) is 0 Å². The average molecular weight is 238 g/mol. The first-order chi connectivity index (χ1) is 8.22. The Bertz CT molecular complexity index is 298. The number of hydrogen-bond acceptors (Lipinski definition) is 4. The van der Waals surface area contributed by atoms with E-state index in [0.29, 0.717) is 13.0 Å². The molecule has 0 fully saturated rings. The monoisotopic (exact) mass is 238 g/mol. The Labute approximate surface area is 102 Å². The van der Waals surface area contributed by atoms with Crippen LogP contribution in [0.2, 0.25) is 0 Å². The lowest BCUT2D eigenvalue weighted by molar-refractivity contribution is -0.0391. The van der Waals surface area contributed by atoms with Crippen LogP contribution >= 0.6 is 0 Å². The largest absolute Gasteiger partial charge is 0.762 e. The van der Waals surface area contributed by atoms with Gasteiger partial charge >= 0.3 is 0 Å². The molecule has 0 saturated heterocycles. The fourth-order valence-corrected chi connectivity index (χ4v) is 1.46. The maximum atomic E-state index is 10.3. The van der Waals surface area contributed by atoms with E-state index in [1.807, 2.05) is 24.3 Å². The lowest BCUT2D eigenvalue weighted by Gasteiger charge is -2.18. The van der Waals surface area contributed by atoms with Crippen molar-refractivity contribution in [2.45, 2.75) is 32.8 Å². The first-order valence-corrected chi connectivity index (χ1v) is 6.01. The molecular formula is C13H20NO3-. The molecule has 4 heteroatoms. The SMILES string of the molecule is CCCCOCc1ccc(CCN([O-])O)cc1. The second-order valence-corrected chi connectivity index (χ2v) is 4.05. The predicted molar refractivity (Wildman–Crippen MR) is 66.6 cm³/mol. The minimum Gasteiger partial charge on any atom is -0.762 e. The Hall–Kier alpha value is -0.940. The molecule has 96 valence electrons. The molecule has 1 N–H and O–H groups in total. The summed E-state index contributed by atoms with van der Waals surface area (Å²) in [6.07, 6.45) is 2.79. The number of rotatable bonds is 8. The summed E-state index contributed by atoms with van der Waals surface area (Å²) in [6, 6.07) is 7.91. The zero-order valence-electron chi connectivity index (χ0n) is 10.3. The quantitative estimate of drug-likeness (QED) is 0.559. The van der Waals surface area contributed by atoms with Crippen molar-refractivity contribution in [2.75, 3.05) is 13.2 Å². The Morgan fingerprint density at radius 1 is 1.24 bits per heavy atom. The summed E-state index contributed by atoms with van der Waals surface area (Å²) in [6.45, 7) is 3.67. The van der Waals surface area contributed by atoms with Crippen LogP contribution in [0.3, 0.4) is 0 Å². The molecule has 0 aliphatic heterocycles. The van der Waals surface area contributed by atoms with Crippen molar-refractivity contribution in [3.8, 4) is 0 Å². The molecule has 1 aromatic carbocycles. The molecule has 1 aromatic rings. The Morgan fingerprint density at radius 2 is 1.88 bits per heavy atom. The second-order valence-electron chi connectivity index (χ2n) is 4.05. The predicted octanol–water partition coefficient (Wildman–Crippen LogP) is 2.73. The minimum atomic E-state index is -0.0399. The number of nitrogens with zero attached hydrogens (tertiary/aromatic N) is 1. The van der Waals surface area contributed by atoms with Gasteiger partial charge in [-0.05, 0) is 24.0 Å². The van der Waals surface area contributed by atoms with Crippen LogP contribution in [0.4, 0.5) is 0 Å². The van der Waals surface area contributed by atoms with Crippen LogP contribution in [0.25, 0.3) is 0 Å². The molecule has 0 radical (unpaired) electrons. The fourth-order valence-electron chi connectivity index (χ4n) is 1.46. The maximum Gasteiger partial charge on any atom is 0.0716 e. The third-order valence-electron chi connectivity index (χ3n) is 2.53. The molecule has 0 aliphatic rings. The highest BCUT2D eigenvalue weighted by molar-refractivity contribution is 5.22. The lowest BCUT2D eigenvalue weighted by Crippen LogP contribution is -2.13. The molecule has 1 rings (SSSR count). The van der Waals surface area contributed by atoms with Gasteiger partial charge in [0.25, 0.3) is 0 Å². The fraction of sp³-hybridized carbons (Fsp3) is 0.538. The Morgan fingerprint density at radius 3 is 2.47 bits per heavy atom. The van der Waals surface area contributed by atoms with E-state index < -0.39 is 0 Å². The Balaban J connectivity index is 2.29. The molecule has 0 unspecified atom stereocenters. The van der Waals surface area contributed by atoms with Crippen molar-refractivity contribution in [1.82, 2.24) is 5.23 Å². The third kappa shape index (κ3) is 6.38. The van der Waals surface area contributed by atoms with Crippen molar-refractivity contribution in [3.63, 3.8) is 0 Å². The summed E-state index contributed by atoms with van der Waals surface area (Å²) in [5.41, 5.74) is 2.17. The van der Waals surface area contributed by atoms with E-state index in [1.54, 1.807) is 0 Å². The minimum absolute atomic E-state index is 0.0399. The van der Waals surface area contributed by atoms with Gasteiger partial charge in [-0.1, -0.05) is 37.6 Å². The molecule has 0 aliphatic carbocycles. The average Bonchev–Trinajstić information content (AvgIpc) is 2.33. The van der Waals surface area contributed by atoms with E-state index in [1.165, 1.54) is 0 Å². The van der Waals surface area contributed by atoms with Crippen LogP contribution in [-0.2, 0) is 17.8 Å². The standard InChI is InChI=1S/C13H20NO3/c1-2-3-10-17-11-13-6-4-12(5-7-13)8-9-14(15)16/h4-7,15H,2-3,8-11H2,1H3/q-1. The van der Waals surface area contributed by atoms with Crippen LogP contribution < -0.4 is 0 Å². The highest BCUT2D eigenvalue weighted by atomic mass is 16.8. The summed E-state index contributed by atoms with van der Waals surface area (Å²) in [5, 5.41) is 18.8. The van der Waals surface area contributed by atoms with E-state index in [4.69, 9.17) is 9.94 Å². The molecule has 17 heavy (non-hydrogen) atoms. The van der Waals surface area contributed by atoms with Gasteiger partial charge in [0, 0.05) is 13.2 Å². The highest BCUT2D eigenvalue weighted by Gasteiger charge is 1.96. The smallest absolute Gasteiger partial charge is 0.0716 e. The van der Waals surface area contributed by atoms with Gasteiger partial charge in [0.1, 0.15) is 0 Å². The molecule has 0 saturated carbocycles. The van der Waals surface area contributed by atoms with Gasteiger partial charge in [-0.25, -0.2) is 0 Å². The molecular weight excluding hydrogens is 218 g/mol. The first-order valence-electron chi connectivity index (χ1n) is 6.01. The van der Waals surface area contributed by atoms with E-state index in [2.05, 4.69) is 6.92 Å². The van der Waals surface area contributed by atoms with Gasteiger partial charge in [0.15, 0.2) is 0 Å². The number of benzene rings is 1. The van der Waals surface area contributed by atoms with Crippen LogP contribution in [0.15, 0.2) is 24.3 Å². The van der Waals surface area contributed by atoms with E-state index >= 15 is 0 Å². The van der Waals surface area contributed by atoms with Gasteiger partial charge in [-0.15, -0.1) is 0 Å². The summed E-state index contributed by atoms with van der Waals surface area (Å²) in [7, 11) is 0. The van der Waals surface area contributed by atoms with Crippen molar-refractivity contribution in [2.24, 2.45) is 0 Å². The van der Waals surface area contributed by atoms with Crippen LogP contribution in [-0.4, -0.2) is 23.6 Å². The zero-order chi connectivity index (χ0) is 12.5. The number of hydroxylamine groups is 2. The lowest BCUT2D eigenvalue weighted by atomic mass is 10.1. The summed E-state index contributed by atoms with van der Waals surface area (Å²) >= 11 is 0. The zero-order valence-corrected chi connectivity index (χ0v) is 10.3. The van der Waals surface area contributed by atoms with Crippen LogP contribution in [0.1, 0.15) is 30.9 Å². The van der Waals surface area contributed by atoms with Gasteiger partial charge < -0.3 is 15.2 Å². The summed E-state index contributed by atoms with van der Waals surface area (Å²) < 4.78 is 5.50. The highest BCUT2D eigenvalue weighted by Crippen LogP contribution is 2.07. The first kappa shape index (κ1) is 14.1.